The molecule has 0 bridgehead atoms. The monoisotopic (exact) mass is 261 g/mol. The highest BCUT2D eigenvalue weighted by atomic mass is 35.5. The SMILES string of the molecule is COCCNCC(C)(O)c1ccc(F)cc1Cl. The van der Waals surface area contributed by atoms with Crippen LogP contribution in [0.15, 0.2) is 18.2 Å². The summed E-state index contributed by atoms with van der Waals surface area (Å²) in [4.78, 5) is 0. The molecular formula is C12H17ClFNO2. The number of benzene rings is 1. The highest BCUT2D eigenvalue weighted by Gasteiger charge is 2.25. The zero-order valence-corrected chi connectivity index (χ0v) is 10.7. The first-order chi connectivity index (χ1) is 7.97. The number of hydrogen-bond donors (Lipinski definition) is 2. The Morgan fingerprint density at radius 3 is 2.82 bits per heavy atom. The van der Waals surface area contributed by atoms with E-state index >= 15 is 0 Å². The summed E-state index contributed by atoms with van der Waals surface area (Å²) in [5.74, 6) is -0.415. The van der Waals surface area contributed by atoms with Crippen molar-refractivity contribution in [2.24, 2.45) is 0 Å². The molecule has 0 spiro atoms. The first kappa shape index (κ1) is 14.4. The molecule has 0 saturated carbocycles. The van der Waals surface area contributed by atoms with Crippen molar-refractivity contribution in [1.29, 1.82) is 0 Å². The summed E-state index contributed by atoms with van der Waals surface area (Å²) in [7, 11) is 1.61. The van der Waals surface area contributed by atoms with Crippen LogP contribution in [0.5, 0.6) is 0 Å². The Balaban J connectivity index is 2.68. The summed E-state index contributed by atoms with van der Waals surface area (Å²) in [6.07, 6.45) is 0. The molecule has 0 saturated heterocycles. The second-order valence-corrected chi connectivity index (χ2v) is 4.47. The van der Waals surface area contributed by atoms with E-state index < -0.39 is 11.4 Å². The summed E-state index contributed by atoms with van der Waals surface area (Å²) in [6, 6.07) is 3.97. The van der Waals surface area contributed by atoms with Crippen LogP contribution in [0.4, 0.5) is 4.39 Å². The minimum Gasteiger partial charge on any atom is -0.384 e. The molecule has 1 aromatic rings. The van der Waals surface area contributed by atoms with Crippen molar-refractivity contribution in [2.75, 3.05) is 26.8 Å². The van der Waals surface area contributed by atoms with Crippen LogP contribution in [0.1, 0.15) is 12.5 Å². The van der Waals surface area contributed by atoms with Crippen molar-refractivity contribution >= 4 is 11.6 Å². The molecule has 0 amide bonds. The molecule has 0 aromatic heterocycles. The molecule has 0 fully saturated rings. The van der Waals surface area contributed by atoms with Gasteiger partial charge in [0.1, 0.15) is 11.4 Å². The van der Waals surface area contributed by atoms with E-state index in [9.17, 15) is 9.50 Å². The second-order valence-electron chi connectivity index (χ2n) is 4.07. The fraction of sp³-hybridized carbons (Fsp3) is 0.500. The zero-order chi connectivity index (χ0) is 12.9. The van der Waals surface area contributed by atoms with Gasteiger partial charge in [0.05, 0.1) is 6.61 Å². The molecule has 1 rings (SSSR count). The Labute approximate surface area is 106 Å². The highest BCUT2D eigenvalue weighted by molar-refractivity contribution is 6.31. The number of methoxy groups -OCH3 is 1. The Hall–Kier alpha value is -0.680. The number of nitrogens with one attached hydrogen (secondary N) is 1. The van der Waals surface area contributed by atoms with Gasteiger partial charge in [-0.25, -0.2) is 4.39 Å². The molecular weight excluding hydrogens is 245 g/mol. The molecule has 0 radical (unpaired) electrons. The molecule has 0 aliphatic carbocycles. The lowest BCUT2D eigenvalue weighted by Gasteiger charge is -2.25. The van der Waals surface area contributed by atoms with Gasteiger partial charge in [0.2, 0.25) is 0 Å². The Morgan fingerprint density at radius 2 is 2.24 bits per heavy atom. The van der Waals surface area contributed by atoms with Crippen molar-refractivity contribution in [1.82, 2.24) is 5.32 Å². The van der Waals surface area contributed by atoms with Gasteiger partial charge in [-0.2, -0.15) is 0 Å². The minimum atomic E-state index is -1.14. The van der Waals surface area contributed by atoms with Crippen LogP contribution >= 0.6 is 11.6 Å². The predicted octanol–water partition coefficient (Wildman–Crippen LogP) is 1.92. The summed E-state index contributed by atoms with van der Waals surface area (Å²) < 4.78 is 17.8. The molecule has 1 aromatic carbocycles. The van der Waals surface area contributed by atoms with Gasteiger partial charge < -0.3 is 15.2 Å². The van der Waals surface area contributed by atoms with Crippen molar-refractivity contribution in [3.05, 3.63) is 34.6 Å². The lowest BCUT2D eigenvalue weighted by Crippen LogP contribution is -2.37. The fourth-order valence-electron chi connectivity index (χ4n) is 1.53. The highest BCUT2D eigenvalue weighted by Crippen LogP contribution is 2.28. The number of hydrogen-bond acceptors (Lipinski definition) is 3. The van der Waals surface area contributed by atoms with Crippen LogP contribution < -0.4 is 5.32 Å². The average Bonchev–Trinajstić information content (AvgIpc) is 2.24. The molecule has 2 N–H and O–H groups in total. The van der Waals surface area contributed by atoms with E-state index in [1.54, 1.807) is 14.0 Å². The van der Waals surface area contributed by atoms with Crippen LogP contribution in [0.25, 0.3) is 0 Å². The first-order valence-electron chi connectivity index (χ1n) is 5.35. The molecule has 0 heterocycles. The van der Waals surface area contributed by atoms with Crippen LogP contribution in [-0.2, 0) is 10.3 Å². The average molecular weight is 262 g/mol. The van der Waals surface area contributed by atoms with E-state index in [2.05, 4.69) is 5.32 Å². The third-order valence-corrected chi connectivity index (χ3v) is 2.78. The van der Waals surface area contributed by atoms with E-state index in [0.717, 1.165) is 0 Å². The minimum absolute atomic E-state index is 0.226. The van der Waals surface area contributed by atoms with E-state index in [1.807, 2.05) is 0 Å². The summed E-state index contributed by atoms with van der Waals surface area (Å²) >= 11 is 5.90. The lowest BCUT2D eigenvalue weighted by atomic mass is 9.96. The molecule has 0 aliphatic heterocycles. The van der Waals surface area contributed by atoms with Crippen LogP contribution in [0.3, 0.4) is 0 Å². The van der Waals surface area contributed by atoms with Crippen molar-refractivity contribution in [3.63, 3.8) is 0 Å². The van der Waals surface area contributed by atoms with E-state index in [1.165, 1.54) is 18.2 Å². The van der Waals surface area contributed by atoms with Crippen LogP contribution in [0, 0.1) is 5.82 Å². The van der Waals surface area contributed by atoms with E-state index in [0.29, 0.717) is 25.3 Å². The maximum atomic E-state index is 12.9. The zero-order valence-electron chi connectivity index (χ0n) is 9.96. The largest absolute Gasteiger partial charge is 0.384 e. The van der Waals surface area contributed by atoms with Crippen LogP contribution in [0.2, 0.25) is 5.02 Å². The van der Waals surface area contributed by atoms with Crippen molar-refractivity contribution < 1.29 is 14.2 Å². The fourth-order valence-corrected chi connectivity index (χ4v) is 1.90. The van der Waals surface area contributed by atoms with Gasteiger partial charge in [-0.05, 0) is 19.1 Å². The summed E-state index contributed by atoms with van der Waals surface area (Å²) in [6.45, 7) is 3.15. The van der Waals surface area contributed by atoms with E-state index in [-0.39, 0.29) is 5.02 Å². The Morgan fingerprint density at radius 1 is 1.53 bits per heavy atom. The number of rotatable bonds is 6. The first-order valence-corrected chi connectivity index (χ1v) is 5.73. The van der Waals surface area contributed by atoms with Gasteiger partial charge in [0.15, 0.2) is 0 Å². The molecule has 0 aliphatic rings. The lowest BCUT2D eigenvalue weighted by molar-refractivity contribution is 0.0550. The predicted molar refractivity (Wildman–Crippen MR) is 65.7 cm³/mol. The van der Waals surface area contributed by atoms with Crippen molar-refractivity contribution in [3.8, 4) is 0 Å². The topological polar surface area (TPSA) is 41.5 Å². The smallest absolute Gasteiger partial charge is 0.124 e. The van der Waals surface area contributed by atoms with E-state index in [4.69, 9.17) is 16.3 Å². The molecule has 1 unspecified atom stereocenters. The standard InChI is InChI=1S/C12H17ClFNO2/c1-12(16,8-15-5-6-17-2)10-4-3-9(14)7-11(10)13/h3-4,7,15-16H,5-6,8H2,1-2H3. The number of aliphatic hydroxyl groups is 1. The maximum Gasteiger partial charge on any atom is 0.124 e. The van der Waals surface area contributed by atoms with Crippen molar-refractivity contribution in [2.45, 2.75) is 12.5 Å². The van der Waals surface area contributed by atoms with Crippen LogP contribution in [-0.4, -0.2) is 31.9 Å². The summed E-state index contributed by atoms with van der Waals surface area (Å²) in [5, 5.41) is 13.5. The van der Waals surface area contributed by atoms with Gasteiger partial charge in [-0.1, -0.05) is 17.7 Å². The summed E-state index contributed by atoms with van der Waals surface area (Å²) in [5.41, 5.74) is -0.635. The quantitative estimate of drug-likeness (QED) is 0.769. The Bertz CT molecular complexity index is 372. The third kappa shape index (κ3) is 4.24. The maximum absolute atomic E-state index is 12.9. The van der Waals surface area contributed by atoms with Gasteiger partial charge in [0, 0.05) is 30.8 Å². The number of halogens is 2. The molecule has 1 atom stereocenters. The van der Waals surface area contributed by atoms with Gasteiger partial charge in [-0.15, -0.1) is 0 Å². The third-order valence-electron chi connectivity index (χ3n) is 2.46. The molecule has 96 valence electrons. The second kappa shape index (κ2) is 6.31. The Kier molecular flexibility index (Phi) is 5.33. The van der Waals surface area contributed by atoms with Gasteiger partial charge in [0.25, 0.3) is 0 Å². The molecule has 17 heavy (non-hydrogen) atoms. The van der Waals surface area contributed by atoms with Gasteiger partial charge >= 0.3 is 0 Å². The normalized spacial score (nSPS) is 14.6. The number of ether oxygens (including phenoxy) is 1. The van der Waals surface area contributed by atoms with Gasteiger partial charge in [-0.3, -0.25) is 0 Å². The molecule has 3 nitrogen and oxygen atoms in total. The molecule has 5 heteroatoms.